The molecule has 0 rings (SSSR count). The lowest BCUT2D eigenvalue weighted by molar-refractivity contribution is -0.898. The molecule has 0 heterocycles. The molecule has 0 aromatic carbocycles. The molecule has 100 valence electrons. The minimum atomic E-state index is -1.36. The summed E-state index contributed by atoms with van der Waals surface area (Å²) >= 11 is 0. The Balaban J connectivity index is 3.82. The second kappa shape index (κ2) is 8.95. The summed E-state index contributed by atoms with van der Waals surface area (Å²) in [7, 11) is 0. The standard InChI is InChI=1S/C11H22N2O4/c1-3-13(4-2)7-5-6-12-9(11(16)17)8-10(14)15/h9,12H,3-8H2,1-2H3,(H,14,15)(H,16,17)/t9-/m1/s1. The van der Waals surface area contributed by atoms with Crippen LogP contribution in [0.3, 0.4) is 0 Å². The molecule has 1 atom stereocenters. The average Bonchev–Trinajstić information content (AvgIpc) is 2.27. The van der Waals surface area contributed by atoms with Gasteiger partial charge in [0.2, 0.25) is 0 Å². The van der Waals surface area contributed by atoms with Crippen molar-refractivity contribution in [2.24, 2.45) is 0 Å². The molecule has 3 N–H and O–H groups in total. The van der Waals surface area contributed by atoms with Crippen molar-refractivity contribution < 1.29 is 30.0 Å². The van der Waals surface area contributed by atoms with Crippen LogP contribution in [0.4, 0.5) is 0 Å². The van der Waals surface area contributed by atoms with Crippen molar-refractivity contribution in [1.82, 2.24) is 0 Å². The first-order chi connectivity index (χ1) is 8.01. The average molecular weight is 246 g/mol. The van der Waals surface area contributed by atoms with Crippen LogP contribution in [0.1, 0.15) is 26.7 Å². The fraction of sp³-hybridized carbons (Fsp3) is 0.818. The number of hydrogen-bond donors (Lipinski definition) is 2. The van der Waals surface area contributed by atoms with Crippen LogP contribution in [-0.2, 0) is 9.59 Å². The number of rotatable bonds is 10. The summed E-state index contributed by atoms with van der Waals surface area (Å²) in [5, 5.41) is 22.5. The van der Waals surface area contributed by atoms with Crippen molar-refractivity contribution in [3.63, 3.8) is 0 Å². The molecule has 0 saturated heterocycles. The molecule has 0 aromatic heterocycles. The monoisotopic (exact) mass is 246 g/mol. The zero-order chi connectivity index (χ0) is 13.3. The lowest BCUT2D eigenvalue weighted by Crippen LogP contribution is -3.11. The van der Waals surface area contributed by atoms with Crippen LogP contribution in [0.5, 0.6) is 0 Å². The third kappa shape index (κ3) is 7.70. The van der Waals surface area contributed by atoms with Crippen molar-refractivity contribution in [3.05, 3.63) is 0 Å². The highest BCUT2D eigenvalue weighted by Gasteiger charge is 2.13. The first-order valence-corrected chi connectivity index (χ1v) is 6.08. The number of carboxylic acids is 2. The minimum Gasteiger partial charge on any atom is -0.550 e. The predicted molar refractivity (Wildman–Crippen MR) is 56.7 cm³/mol. The Bertz CT molecular complexity index is 242. The number of quaternary nitrogens is 2. The number of carbonyl (C=O) groups excluding carboxylic acids is 2. The Hall–Kier alpha value is -1.14. The van der Waals surface area contributed by atoms with Gasteiger partial charge in [-0.3, -0.25) is 0 Å². The lowest BCUT2D eigenvalue weighted by atomic mass is 10.2. The van der Waals surface area contributed by atoms with Gasteiger partial charge in [-0.1, -0.05) is 0 Å². The van der Waals surface area contributed by atoms with E-state index in [1.165, 1.54) is 10.2 Å². The third-order valence-corrected chi connectivity index (χ3v) is 2.87. The van der Waals surface area contributed by atoms with Crippen LogP contribution >= 0.6 is 0 Å². The molecule has 6 nitrogen and oxygen atoms in total. The smallest absolute Gasteiger partial charge is 0.131 e. The van der Waals surface area contributed by atoms with E-state index in [-0.39, 0.29) is 0 Å². The van der Waals surface area contributed by atoms with Gasteiger partial charge in [0.25, 0.3) is 0 Å². The minimum absolute atomic E-state index is 0.500. The van der Waals surface area contributed by atoms with Gasteiger partial charge in [0.1, 0.15) is 6.04 Å². The second-order valence-electron chi connectivity index (χ2n) is 4.09. The SMILES string of the molecule is CC[NH+](CC)CCC[NH2+][C@H](CC(=O)[O-])C(=O)[O-]. The number of hydrogen-bond acceptors (Lipinski definition) is 4. The Morgan fingerprint density at radius 3 is 2.24 bits per heavy atom. The molecule has 6 heteroatoms. The highest BCUT2D eigenvalue weighted by Crippen LogP contribution is 1.82. The molecule has 0 fully saturated rings. The van der Waals surface area contributed by atoms with Gasteiger partial charge in [-0.25, -0.2) is 0 Å². The molecule has 0 radical (unpaired) electrons. The van der Waals surface area contributed by atoms with Gasteiger partial charge < -0.3 is 30.0 Å². The van der Waals surface area contributed by atoms with E-state index in [2.05, 4.69) is 13.8 Å². The number of carbonyl (C=O) groups is 2. The van der Waals surface area contributed by atoms with Gasteiger partial charge >= 0.3 is 0 Å². The summed E-state index contributed by atoms with van der Waals surface area (Å²) in [5.41, 5.74) is 0. The summed E-state index contributed by atoms with van der Waals surface area (Å²) < 4.78 is 0. The molecule has 0 aliphatic heterocycles. The second-order valence-corrected chi connectivity index (χ2v) is 4.09. The van der Waals surface area contributed by atoms with Gasteiger partial charge in [0.05, 0.1) is 32.1 Å². The molecule has 0 spiro atoms. The van der Waals surface area contributed by atoms with Crippen LogP contribution in [0.15, 0.2) is 0 Å². The fourth-order valence-corrected chi connectivity index (χ4v) is 1.72. The molecular formula is C11H22N2O4. The zero-order valence-corrected chi connectivity index (χ0v) is 10.5. The molecule has 0 saturated carbocycles. The van der Waals surface area contributed by atoms with Gasteiger partial charge in [-0.15, -0.1) is 0 Å². The van der Waals surface area contributed by atoms with Crippen molar-refractivity contribution in [3.8, 4) is 0 Å². The van der Waals surface area contributed by atoms with Gasteiger partial charge in [-0.05, 0) is 13.8 Å². The number of nitrogens with two attached hydrogens (primary N) is 1. The number of nitrogens with one attached hydrogen (secondary N) is 1. The molecule has 0 amide bonds. The van der Waals surface area contributed by atoms with Crippen LogP contribution in [0.25, 0.3) is 0 Å². The topological polar surface area (TPSA) is 101 Å². The highest BCUT2D eigenvalue weighted by atomic mass is 16.4. The van der Waals surface area contributed by atoms with Crippen molar-refractivity contribution in [1.29, 1.82) is 0 Å². The van der Waals surface area contributed by atoms with E-state index in [0.29, 0.717) is 6.54 Å². The quantitative estimate of drug-likeness (QED) is 0.377. The maximum absolute atomic E-state index is 10.6. The predicted octanol–water partition coefficient (Wildman–Crippen LogP) is -4.88. The van der Waals surface area contributed by atoms with E-state index in [9.17, 15) is 19.8 Å². The Kier molecular flexibility index (Phi) is 8.35. The van der Waals surface area contributed by atoms with Crippen molar-refractivity contribution in [2.75, 3.05) is 26.2 Å². The zero-order valence-electron chi connectivity index (χ0n) is 10.5. The maximum atomic E-state index is 10.6. The Morgan fingerprint density at radius 1 is 1.24 bits per heavy atom. The Morgan fingerprint density at radius 2 is 1.82 bits per heavy atom. The first kappa shape index (κ1) is 15.9. The van der Waals surface area contributed by atoms with E-state index in [1.54, 1.807) is 0 Å². The van der Waals surface area contributed by atoms with Gasteiger partial charge in [-0.2, -0.15) is 0 Å². The third-order valence-electron chi connectivity index (χ3n) is 2.87. The van der Waals surface area contributed by atoms with E-state index in [1.807, 2.05) is 0 Å². The molecule has 0 aromatic rings. The van der Waals surface area contributed by atoms with Crippen LogP contribution in [0, 0.1) is 0 Å². The first-order valence-electron chi connectivity index (χ1n) is 6.08. The summed E-state index contributed by atoms with van der Waals surface area (Å²) in [6.07, 6.45) is 0.355. The normalized spacial score (nSPS) is 12.6. The van der Waals surface area contributed by atoms with E-state index in [0.717, 1.165) is 26.1 Å². The van der Waals surface area contributed by atoms with Crippen LogP contribution < -0.4 is 20.4 Å². The highest BCUT2D eigenvalue weighted by molar-refractivity contribution is 5.76. The van der Waals surface area contributed by atoms with E-state index < -0.39 is 24.4 Å². The maximum Gasteiger partial charge on any atom is 0.131 e. The molecular weight excluding hydrogens is 224 g/mol. The largest absolute Gasteiger partial charge is 0.550 e. The molecule has 0 aliphatic carbocycles. The van der Waals surface area contributed by atoms with Crippen molar-refractivity contribution >= 4 is 11.9 Å². The van der Waals surface area contributed by atoms with Crippen LogP contribution in [-0.4, -0.2) is 44.2 Å². The van der Waals surface area contributed by atoms with E-state index in [4.69, 9.17) is 0 Å². The Labute approximate surface area is 102 Å². The molecule has 0 aliphatic rings. The summed E-state index contributed by atoms with van der Waals surface area (Å²) in [5.74, 6) is -2.70. The molecule has 0 bridgehead atoms. The van der Waals surface area contributed by atoms with E-state index >= 15 is 0 Å². The van der Waals surface area contributed by atoms with Gasteiger partial charge in [0, 0.05) is 18.8 Å². The summed E-state index contributed by atoms with van der Waals surface area (Å²) in [4.78, 5) is 22.4. The summed E-state index contributed by atoms with van der Waals surface area (Å²) in [6.45, 7) is 7.84. The molecule has 17 heavy (non-hydrogen) atoms. The van der Waals surface area contributed by atoms with Crippen LogP contribution in [0.2, 0.25) is 0 Å². The lowest BCUT2D eigenvalue weighted by Gasteiger charge is -2.18. The number of aliphatic carboxylic acids is 2. The number of carboxylic acid groups (broad SMARTS) is 2. The molecule has 0 unspecified atom stereocenters. The summed E-state index contributed by atoms with van der Waals surface area (Å²) in [6, 6.07) is -1.04. The fourth-order valence-electron chi connectivity index (χ4n) is 1.72. The van der Waals surface area contributed by atoms with Crippen molar-refractivity contribution in [2.45, 2.75) is 32.7 Å². The van der Waals surface area contributed by atoms with Gasteiger partial charge in [0.15, 0.2) is 0 Å².